The zero-order valence-corrected chi connectivity index (χ0v) is 10.5. The van der Waals surface area contributed by atoms with Crippen molar-refractivity contribution in [3.05, 3.63) is 59.4 Å². The topological polar surface area (TPSA) is 43.1 Å². The maximum absolute atomic E-state index is 13.5. The van der Waals surface area contributed by atoms with Gasteiger partial charge in [0.1, 0.15) is 5.82 Å². The van der Waals surface area contributed by atoms with Crippen LogP contribution in [0.3, 0.4) is 0 Å². The van der Waals surface area contributed by atoms with Crippen LogP contribution in [0.1, 0.15) is 5.56 Å². The first-order valence-corrected chi connectivity index (χ1v) is 6.66. The van der Waals surface area contributed by atoms with Crippen molar-refractivity contribution >= 4 is 16.5 Å². The van der Waals surface area contributed by atoms with Crippen LogP contribution in [-0.4, -0.2) is 4.21 Å². The van der Waals surface area contributed by atoms with Gasteiger partial charge in [0.05, 0.1) is 21.4 Å². The zero-order chi connectivity index (χ0) is 14.0. The van der Waals surface area contributed by atoms with E-state index in [9.17, 15) is 17.4 Å². The molecule has 19 heavy (non-hydrogen) atoms. The first-order valence-electron chi connectivity index (χ1n) is 5.34. The highest BCUT2D eigenvalue weighted by atomic mass is 32.2. The summed E-state index contributed by atoms with van der Waals surface area (Å²) in [5, 5.41) is 0. The third-order valence-electron chi connectivity index (χ3n) is 2.48. The summed E-state index contributed by atoms with van der Waals surface area (Å²) in [6.07, 6.45) is 0. The summed E-state index contributed by atoms with van der Waals surface area (Å²) < 4.78 is 51.2. The van der Waals surface area contributed by atoms with E-state index in [0.29, 0.717) is 5.56 Å². The van der Waals surface area contributed by atoms with E-state index in [-0.39, 0.29) is 16.3 Å². The van der Waals surface area contributed by atoms with Gasteiger partial charge in [-0.3, -0.25) is 4.21 Å². The molecule has 0 aliphatic rings. The predicted molar refractivity (Wildman–Crippen MR) is 67.3 cm³/mol. The van der Waals surface area contributed by atoms with Crippen LogP contribution in [0.4, 0.5) is 18.9 Å². The van der Waals surface area contributed by atoms with E-state index >= 15 is 0 Å². The van der Waals surface area contributed by atoms with Gasteiger partial charge in [0, 0.05) is 5.69 Å². The molecule has 0 radical (unpaired) electrons. The first-order chi connectivity index (χ1) is 8.97. The third-order valence-corrected chi connectivity index (χ3v) is 3.90. The fraction of sp³-hybridized carbons (Fsp3) is 0.0769. The summed E-state index contributed by atoms with van der Waals surface area (Å²) >= 11 is 0. The summed E-state index contributed by atoms with van der Waals surface area (Å²) in [7, 11) is -1.69. The molecule has 2 aromatic carbocycles. The van der Waals surface area contributed by atoms with E-state index in [1.54, 1.807) is 0 Å². The smallest absolute Gasteiger partial charge is 0.159 e. The third kappa shape index (κ3) is 3.14. The number of hydrogen-bond donors (Lipinski definition) is 1. The summed E-state index contributed by atoms with van der Waals surface area (Å²) in [5.41, 5.74) is 5.94. The van der Waals surface area contributed by atoms with Crippen LogP contribution in [0, 0.1) is 17.5 Å². The monoisotopic (exact) mass is 285 g/mol. The van der Waals surface area contributed by atoms with E-state index in [1.807, 2.05) is 0 Å². The Labute approximate surface area is 110 Å². The lowest BCUT2D eigenvalue weighted by molar-refractivity contribution is 0.507. The average molecular weight is 285 g/mol. The molecule has 2 N–H and O–H groups in total. The van der Waals surface area contributed by atoms with E-state index in [2.05, 4.69) is 0 Å². The minimum atomic E-state index is -1.69. The molecule has 2 aromatic rings. The van der Waals surface area contributed by atoms with Gasteiger partial charge in [0.25, 0.3) is 0 Å². The van der Waals surface area contributed by atoms with Crippen molar-refractivity contribution in [1.82, 2.24) is 0 Å². The molecule has 2 rings (SSSR count). The molecule has 0 saturated carbocycles. The Kier molecular flexibility index (Phi) is 3.90. The molecule has 0 fully saturated rings. The molecule has 0 saturated heterocycles. The van der Waals surface area contributed by atoms with Gasteiger partial charge in [0.2, 0.25) is 0 Å². The maximum Gasteiger partial charge on any atom is 0.159 e. The lowest BCUT2D eigenvalue weighted by Crippen LogP contribution is -2.01. The van der Waals surface area contributed by atoms with Crippen LogP contribution in [-0.2, 0) is 16.6 Å². The molecule has 0 heterocycles. The van der Waals surface area contributed by atoms with Gasteiger partial charge < -0.3 is 5.73 Å². The van der Waals surface area contributed by atoms with Crippen LogP contribution in [0.5, 0.6) is 0 Å². The quantitative estimate of drug-likeness (QED) is 0.881. The van der Waals surface area contributed by atoms with Crippen LogP contribution in [0.15, 0.2) is 41.3 Å². The summed E-state index contributed by atoms with van der Waals surface area (Å²) in [6.45, 7) is 0. The Morgan fingerprint density at radius 1 is 0.947 bits per heavy atom. The van der Waals surface area contributed by atoms with Crippen molar-refractivity contribution in [1.29, 1.82) is 0 Å². The second-order valence-corrected chi connectivity index (χ2v) is 5.35. The molecule has 1 atom stereocenters. The first kappa shape index (κ1) is 13.6. The van der Waals surface area contributed by atoms with Gasteiger partial charge in [-0.25, -0.2) is 13.2 Å². The highest BCUT2D eigenvalue weighted by molar-refractivity contribution is 7.84. The van der Waals surface area contributed by atoms with Crippen molar-refractivity contribution in [3.8, 4) is 0 Å². The number of hydrogen-bond acceptors (Lipinski definition) is 2. The van der Waals surface area contributed by atoms with Gasteiger partial charge >= 0.3 is 0 Å². The number of nitrogen functional groups attached to an aromatic ring is 1. The van der Waals surface area contributed by atoms with Crippen LogP contribution < -0.4 is 5.73 Å². The summed E-state index contributed by atoms with van der Waals surface area (Å²) in [4.78, 5) is -0.0149. The van der Waals surface area contributed by atoms with Crippen molar-refractivity contribution in [2.75, 3.05) is 5.73 Å². The standard InChI is InChI=1S/C13H10F3NOS/c14-10-3-1-8(5-11(10)15)7-19(18)13-4-2-9(17)6-12(13)16/h1-6H,7,17H2. The highest BCUT2D eigenvalue weighted by Gasteiger charge is 2.12. The normalized spacial score (nSPS) is 12.4. The zero-order valence-electron chi connectivity index (χ0n) is 9.70. The molecule has 0 aromatic heterocycles. The second-order valence-electron chi connectivity index (χ2n) is 3.93. The fourth-order valence-electron chi connectivity index (χ4n) is 1.56. The van der Waals surface area contributed by atoms with Gasteiger partial charge in [-0.15, -0.1) is 0 Å². The van der Waals surface area contributed by atoms with Gasteiger partial charge in [-0.1, -0.05) is 6.07 Å². The van der Waals surface area contributed by atoms with Crippen molar-refractivity contribution < 1.29 is 17.4 Å². The number of rotatable bonds is 3. The molecular formula is C13H10F3NOS. The Morgan fingerprint density at radius 3 is 2.32 bits per heavy atom. The Bertz CT molecular complexity index is 646. The Balaban J connectivity index is 2.23. The largest absolute Gasteiger partial charge is 0.399 e. The van der Waals surface area contributed by atoms with Crippen LogP contribution in [0.25, 0.3) is 0 Å². The Morgan fingerprint density at radius 2 is 1.68 bits per heavy atom. The van der Waals surface area contributed by atoms with E-state index in [4.69, 9.17) is 5.73 Å². The van der Waals surface area contributed by atoms with Crippen molar-refractivity contribution in [3.63, 3.8) is 0 Å². The molecule has 0 amide bonds. The number of anilines is 1. The molecule has 2 nitrogen and oxygen atoms in total. The fourth-order valence-corrected chi connectivity index (χ4v) is 2.69. The van der Waals surface area contributed by atoms with Gasteiger partial charge in [-0.2, -0.15) is 0 Å². The van der Waals surface area contributed by atoms with Crippen LogP contribution in [0.2, 0.25) is 0 Å². The summed E-state index contributed by atoms with van der Waals surface area (Å²) in [5.74, 6) is -2.78. The molecule has 0 bridgehead atoms. The van der Waals surface area contributed by atoms with E-state index in [1.165, 1.54) is 18.2 Å². The molecule has 1 unspecified atom stereocenters. The van der Waals surface area contributed by atoms with Gasteiger partial charge in [-0.05, 0) is 35.9 Å². The minimum absolute atomic E-state index is 0.0149. The number of halogens is 3. The van der Waals surface area contributed by atoms with E-state index < -0.39 is 28.3 Å². The molecule has 0 aliphatic carbocycles. The molecular weight excluding hydrogens is 275 g/mol. The highest BCUT2D eigenvalue weighted by Crippen LogP contribution is 2.19. The average Bonchev–Trinajstić information content (AvgIpc) is 2.33. The number of benzene rings is 2. The predicted octanol–water partition coefficient (Wildman–Crippen LogP) is 2.99. The SMILES string of the molecule is Nc1ccc(S(=O)Cc2ccc(F)c(F)c2)c(F)c1. The molecule has 100 valence electrons. The van der Waals surface area contributed by atoms with Crippen LogP contribution >= 0.6 is 0 Å². The van der Waals surface area contributed by atoms with E-state index in [0.717, 1.165) is 18.2 Å². The lowest BCUT2D eigenvalue weighted by atomic mass is 10.2. The summed E-state index contributed by atoms with van der Waals surface area (Å²) in [6, 6.07) is 7.02. The minimum Gasteiger partial charge on any atom is -0.399 e. The molecule has 0 aliphatic heterocycles. The molecule has 6 heteroatoms. The lowest BCUT2D eigenvalue weighted by Gasteiger charge is -2.05. The van der Waals surface area contributed by atoms with Crippen molar-refractivity contribution in [2.24, 2.45) is 0 Å². The Hall–Kier alpha value is -1.82. The number of nitrogens with two attached hydrogens (primary N) is 1. The molecule has 0 spiro atoms. The van der Waals surface area contributed by atoms with Gasteiger partial charge in [0.15, 0.2) is 11.6 Å². The van der Waals surface area contributed by atoms with Crippen molar-refractivity contribution in [2.45, 2.75) is 10.6 Å². The maximum atomic E-state index is 13.5. The second kappa shape index (κ2) is 5.44.